The first kappa shape index (κ1) is 60.1. The molecule has 19 heteroatoms. The summed E-state index contributed by atoms with van der Waals surface area (Å²) in [5.41, 5.74) is 13.4. The molecule has 0 unspecified atom stereocenters. The number of ether oxygens (including phenoxy) is 8. The summed E-state index contributed by atoms with van der Waals surface area (Å²) < 4.78 is 61.7. The summed E-state index contributed by atoms with van der Waals surface area (Å²) in [6.07, 6.45) is 4.01. The lowest BCUT2D eigenvalue weighted by atomic mass is 10.1. The second kappa shape index (κ2) is 31.2. The Labute approximate surface area is 509 Å². The minimum atomic E-state index is -0.224. The van der Waals surface area contributed by atoms with Gasteiger partial charge in [-0.1, -0.05) is 120 Å². The zero-order chi connectivity index (χ0) is 60.0. The number of nitrogens with zero attached hydrogens (tertiary/aromatic N) is 5. The van der Waals surface area contributed by atoms with Crippen LogP contribution in [0, 0.1) is 0 Å². The van der Waals surface area contributed by atoms with E-state index >= 15 is 0 Å². The molecule has 0 atom stereocenters. The van der Waals surface area contributed by atoms with Crippen molar-refractivity contribution in [2.24, 2.45) is 0 Å². The van der Waals surface area contributed by atoms with E-state index in [9.17, 15) is 9.59 Å². The number of nitrogens with one attached hydrogen (secondary N) is 2. The molecule has 0 spiro atoms. The topological polar surface area (TPSA) is 196 Å². The van der Waals surface area contributed by atoms with E-state index in [-0.39, 0.29) is 35.6 Å². The molecule has 1 aliphatic rings. The minimum absolute atomic E-state index is 0.165. The molecule has 0 saturated heterocycles. The van der Waals surface area contributed by atoms with Crippen LogP contribution < -0.4 is 40.8 Å². The van der Waals surface area contributed by atoms with Crippen molar-refractivity contribution in [1.82, 2.24) is 35.9 Å². The number of benzene rings is 7. The molecule has 0 bridgehead atoms. The Bertz CT molecular complexity index is 3940. The van der Waals surface area contributed by atoms with Gasteiger partial charge in [-0.3, -0.25) is 19.5 Å². The Morgan fingerprint density at radius 1 is 0.443 bits per heavy atom. The molecule has 10 aromatic rings. The predicted molar refractivity (Wildman–Crippen MR) is 333 cm³/mol. The molecule has 0 fully saturated rings. The summed E-state index contributed by atoms with van der Waals surface area (Å²) in [5, 5.41) is 11.8. The first-order valence-corrected chi connectivity index (χ1v) is 29.3. The van der Waals surface area contributed by atoms with Crippen molar-refractivity contribution in [1.29, 1.82) is 0 Å². The summed E-state index contributed by atoms with van der Waals surface area (Å²) >= 11 is 0. The van der Waals surface area contributed by atoms with E-state index in [0.717, 1.165) is 22.5 Å². The van der Waals surface area contributed by atoms with Gasteiger partial charge in [-0.15, -0.1) is 10.6 Å². The van der Waals surface area contributed by atoms with Crippen molar-refractivity contribution < 1.29 is 46.7 Å². The number of hydrogen-bond donors (Lipinski definition) is 2. The lowest BCUT2D eigenvalue weighted by molar-refractivity contribution is 0.0294. The molecule has 2 N–H and O–H groups in total. The molecule has 0 amide bonds. The third-order valence-electron chi connectivity index (χ3n) is 14.2. The van der Waals surface area contributed by atoms with E-state index in [1.54, 1.807) is 28.9 Å². The number of rotatable bonds is 34. The summed E-state index contributed by atoms with van der Waals surface area (Å²) in [7, 11) is 0. The van der Waals surface area contributed by atoms with Crippen LogP contribution in [0.4, 0.5) is 0 Å². The molecule has 0 aliphatic carbocycles. The van der Waals surface area contributed by atoms with Crippen molar-refractivity contribution >= 4 is 21.9 Å². The van der Waals surface area contributed by atoms with Crippen LogP contribution >= 0.6 is 0 Å². The number of aromatic nitrogens is 3. The van der Waals surface area contributed by atoms with Crippen molar-refractivity contribution in [3.63, 3.8) is 0 Å². The van der Waals surface area contributed by atoms with Crippen molar-refractivity contribution in [3.8, 4) is 45.6 Å². The van der Waals surface area contributed by atoms with E-state index in [1.807, 2.05) is 163 Å². The van der Waals surface area contributed by atoms with Crippen LogP contribution in [0.5, 0.6) is 23.0 Å². The normalized spacial score (nSPS) is 12.2. The lowest BCUT2D eigenvalue weighted by Gasteiger charge is -2.21. The van der Waals surface area contributed by atoms with Crippen LogP contribution in [0.25, 0.3) is 44.6 Å². The van der Waals surface area contributed by atoms with E-state index in [0.29, 0.717) is 155 Å². The van der Waals surface area contributed by atoms with Crippen LogP contribution in [0.1, 0.15) is 22.4 Å². The maximum atomic E-state index is 13.6. The van der Waals surface area contributed by atoms with Gasteiger partial charge in [0.05, 0.1) is 88.1 Å². The van der Waals surface area contributed by atoms with Crippen molar-refractivity contribution in [2.45, 2.75) is 32.8 Å². The van der Waals surface area contributed by atoms with Crippen LogP contribution in [-0.2, 0) is 51.8 Å². The molecular formula is C69H69N7O12. The Morgan fingerprint density at radius 3 is 1.42 bits per heavy atom. The zero-order valence-electron chi connectivity index (χ0n) is 48.7. The maximum absolute atomic E-state index is 13.6. The molecule has 88 heavy (non-hydrogen) atoms. The molecule has 1 aliphatic heterocycles. The summed E-state index contributed by atoms with van der Waals surface area (Å²) in [5.74, 6) is 2.37. The molecule has 4 heterocycles. The lowest BCUT2D eigenvalue weighted by Crippen LogP contribution is -2.39. The monoisotopic (exact) mass is 1190 g/mol. The average molecular weight is 1190 g/mol. The Hall–Kier alpha value is -9.60. The smallest absolute Gasteiger partial charge is 0.235 e. The summed E-state index contributed by atoms with van der Waals surface area (Å²) in [6.45, 7) is 7.68. The SMILES string of the molecule is O=c1c(OCc2ccccc2)c(-c2ccc(OCCOCCOCCN3C=C(CN(Cc4ccccc4)Cc4cn(CCOCCOCCOc5ccc(-c6oc7ccccc7c(=O)c6OCc6ccccc6)cc5)nn4)NN3)cc2)oc2ccccc12. The van der Waals surface area contributed by atoms with Gasteiger partial charge in [-0.05, 0) is 89.5 Å². The molecular weight excluding hydrogens is 1120 g/mol. The minimum Gasteiger partial charge on any atom is -0.491 e. The summed E-state index contributed by atoms with van der Waals surface area (Å²) in [4.78, 5) is 29.4. The van der Waals surface area contributed by atoms with Crippen molar-refractivity contribution in [2.75, 3.05) is 79.2 Å². The number of hydrogen-bond acceptors (Lipinski definition) is 18. The van der Waals surface area contributed by atoms with Crippen LogP contribution in [0.15, 0.2) is 225 Å². The van der Waals surface area contributed by atoms with Crippen molar-refractivity contribution in [3.05, 3.63) is 249 Å². The van der Waals surface area contributed by atoms with Crippen LogP contribution in [-0.4, -0.2) is 104 Å². The third-order valence-corrected chi connectivity index (χ3v) is 14.2. The van der Waals surface area contributed by atoms with E-state index in [2.05, 4.69) is 44.5 Å². The van der Waals surface area contributed by atoms with Gasteiger partial charge in [0.2, 0.25) is 22.4 Å². The third kappa shape index (κ3) is 16.9. The number of fused-ring (bicyclic) bond motifs is 2. The average Bonchev–Trinajstić information content (AvgIpc) is 1.90. The van der Waals surface area contributed by atoms with Gasteiger partial charge in [-0.2, -0.15) is 0 Å². The molecule has 19 nitrogen and oxygen atoms in total. The first-order valence-electron chi connectivity index (χ1n) is 29.3. The van der Waals surface area contributed by atoms with Crippen LogP contribution in [0.2, 0.25) is 0 Å². The summed E-state index contributed by atoms with van der Waals surface area (Å²) in [6, 6.07) is 58.8. The maximum Gasteiger partial charge on any atom is 0.235 e. The van der Waals surface area contributed by atoms with Gasteiger partial charge in [0.1, 0.15) is 49.1 Å². The highest BCUT2D eigenvalue weighted by molar-refractivity contribution is 5.83. The Morgan fingerprint density at radius 2 is 0.898 bits per heavy atom. The highest BCUT2D eigenvalue weighted by atomic mass is 16.6. The molecule has 0 radical (unpaired) electrons. The van der Waals surface area contributed by atoms with Gasteiger partial charge < -0.3 is 52.2 Å². The fourth-order valence-electron chi connectivity index (χ4n) is 9.76. The number of hydrazine groups is 2. The largest absolute Gasteiger partial charge is 0.491 e. The standard InChI is InChI=1S/C69H69N7O12/c77-64-60-20-10-12-22-62(60)87-66(68(64)85-49-52-16-6-2-7-17-52)54-24-28-58(29-25-54)83-42-40-81-38-36-79-34-32-75-47-56(70-72-75)45-74(44-51-14-4-1-5-15-51)46-57-48-76(73-71-57)33-35-80-37-39-82-41-43-84-59-30-26-55(27-31-59)67-69(86-50-53-18-8-3-9-19-53)65(78)61-21-11-13-23-63(61)88-67/h1-31,47-48,70,72H,32-46,49-50H2. The van der Waals surface area contributed by atoms with Gasteiger partial charge in [0, 0.05) is 43.2 Å². The molecule has 7 aromatic carbocycles. The second-order valence-corrected chi connectivity index (χ2v) is 20.6. The van der Waals surface area contributed by atoms with E-state index in [4.69, 9.17) is 46.7 Å². The van der Waals surface area contributed by atoms with Crippen LogP contribution in [0.3, 0.4) is 0 Å². The fraction of sp³-hybridized carbons (Fsp3) is 0.246. The van der Waals surface area contributed by atoms with E-state index < -0.39 is 0 Å². The molecule has 0 saturated carbocycles. The highest BCUT2D eigenvalue weighted by Gasteiger charge is 2.21. The quantitative estimate of drug-likeness (QED) is 0.0361. The predicted octanol–water partition coefficient (Wildman–Crippen LogP) is 10.4. The molecule has 3 aromatic heterocycles. The number of para-hydroxylation sites is 2. The molecule has 452 valence electrons. The Kier molecular flexibility index (Phi) is 21.3. The highest BCUT2D eigenvalue weighted by Crippen LogP contribution is 2.34. The Balaban J connectivity index is 0.554. The van der Waals surface area contributed by atoms with Gasteiger partial charge in [0.25, 0.3) is 0 Å². The van der Waals surface area contributed by atoms with Gasteiger partial charge in [-0.25, -0.2) is 4.68 Å². The van der Waals surface area contributed by atoms with E-state index in [1.165, 1.54) is 5.56 Å². The van der Waals surface area contributed by atoms with Gasteiger partial charge in [0.15, 0.2) is 11.5 Å². The fourth-order valence-corrected chi connectivity index (χ4v) is 9.76. The van der Waals surface area contributed by atoms with Gasteiger partial charge >= 0.3 is 0 Å². The molecule has 11 rings (SSSR count). The zero-order valence-corrected chi connectivity index (χ0v) is 48.7. The second-order valence-electron chi connectivity index (χ2n) is 20.6. The first-order chi connectivity index (χ1) is 43.5.